The van der Waals surface area contributed by atoms with Crippen LogP contribution in [-0.2, 0) is 10.1 Å². The highest BCUT2D eigenvalue weighted by atomic mass is 32.2. The van der Waals surface area contributed by atoms with Crippen LogP contribution in [0.25, 0.3) is 0 Å². The van der Waals surface area contributed by atoms with Crippen molar-refractivity contribution in [2.45, 2.75) is 76.0 Å². The van der Waals surface area contributed by atoms with Gasteiger partial charge in [-0.1, -0.05) is 76.5 Å². The van der Waals surface area contributed by atoms with E-state index in [-0.39, 0.29) is 4.90 Å². The molecule has 0 radical (unpaired) electrons. The third-order valence-corrected chi connectivity index (χ3v) is 5.09. The average molecular weight is 387 g/mol. The second-order valence-corrected chi connectivity index (χ2v) is 9.41. The molecule has 0 aliphatic rings. The number of rotatable bonds is 12. The molecule has 26 heavy (non-hydrogen) atoms. The molecule has 1 rings (SSSR count). The van der Waals surface area contributed by atoms with E-state index in [1.165, 1.54) is 82.9 Å². The first-order valence-electron chi connectivity index (χ1n) is 10.00. The SMILES string of the molecule is CCCCCCCCCCCC[N+](C)(C)C.O=S(=O)(O)c1ccccc1. The van der Waals surface area contributed by atoms with Crippen LogP contribution in [0.3, 0.4) is 0 Å². The molecule has 1 aromatic carbocycles. The van der Waals surface area contributed by atoms with Crippen molar-refractivity contribution in [1.29, 1.82) is 0 Å². The molecule has 0 fully saturated rings. The van der Waals surface area contributed by atoms with Crippen LogP contribution in [0.1, 0.15) is 71.1 Å². The quantitative estimate of drug-likeness (QED) is 0.291. The molecule has 0 unspecified atom stereocenters. The first kappa shape index (κ1) is 25.1. The Kier molecular flexibility index (Phi) is 13.7. The summed E-state index contributed by atoms with van der Waals surface area (Å²) >= 11 is 0. The van der Waals surface area contributed by atoms with Gasteiger partial charge in [0.1, 0.15) is 0 Å². The molecule has 4 nitrogen and oxygen atoms in total. The molecule has 0 aliphatic heterocycles. The van der Waals surface area contributed by atoms with E-state index in [0.717, 1.165) is 4.48 Å². The average Bonchev–Trinajstić information content (AvgIpc) is 2.56. The minimum atomic E-state index is -4.00. The molecule has 0 saturated carbocycles. The molecule has 0 saturated heterocycles. The van der Waals surface area contributed by atoms with Gasteiger partial charge in [-0.05, 0) is 25.0 Å². The monoisotopic (exact) mass is 386 g/mol. The molecule has 0 aromatic heterocycles. The molecule has 0 bridgehead atoms. The van der Waals surface area contributed by atoms with Crippen LogP contribution in [-0.4, -0.2) is 45.1 Å². The second kappa shape index (κ2) is 14.2. The summed E-state index contributed by atoms with van der Waals surface area (Å²) in [5.74, 6) is 0. The van der Waals surface area contributed by atoms with Crippen molar-refractivity contribution < 1.29 is 17.5 Å². The smallest absolute Gasteiger partial charge is 0.294 e. The molecule has 1 aromatic rings. The lowest BCUT2D eigenvalue weighted by Gasteiger charge is -2.23. The highest BCUT2D eigenvalue weighted by Crippen LogP contribution is 2.11. The summed E-state index contributed by atoms with van der Waals surface area (Å²) in [5.41, 5.74) is 0. The van der Waals surface area contributed by atoms with E-state index in [1.807, 2.05) is 0 Å². The largest absolute Gasteiger partial charge is 0.331 e. The van der Waals surface area contributed by atoms with Crippen molar-refractivity contribution in [2.75, 3.05) is 27.7 Å². The summed E-state index contributed by atoms with van der Waals surface area (Å²) in [4.78, 5) is -0.0741. The van der Waals surface area contributed by atoms with Gasteiger partial charge < -0.3 is 4.48 Å². The van der Waals surface area contributed by atoms with Gasteiger partial charge in [0, 0.05) is 0 Å². The predicted molar refractivity (Wildman–Crippen MR) is 111 cm³/mol. The molecule has 152 valence electrons. The Morgan fingerprint density at radius 2 is 1.19 bits per heavy atom. The zero-order valence-corrected chi connectivity index (χ0v) is 18.1. The van der Waals surface area contributed by atoms with Gasteiger partial charge in [-0.3, -0.25) is 4.55 Å². The lowest BCUT2D eigenvalue weighted by Crippen LogP contribution is -2.35. The summed E-state index contributed by atoms with van der Waals surface area (Å²) in [6, 6.07) is 7.42. The van der Waals surface area contributed by atoms with E-state index in [4.69, 9.17) is 4.55 Å². The maximum Gasteiger partial charge on any atom is 0.294 e. The first-order chi connectivity index (χ1) is 12.2. The van der Waals surface area contributed by atoms with Crippen LogP contribution in [0.2, 0.25) is 0 Å². The van der Waals surface area contributed by atoms with Crippen molar-refractivity contribution in [2.24, 2.45) is 0 Å². The van der Waals surface area contributed by atoms with Crippen LogP contribution in [0.4, 0.5) is 0 Å². The fraction of sp³-hybridized carbons (Fsp3) is 0.714. The van der Waals surface area contributed by atoms with Gasteiger partial charge in [-0.15, -0.1) is 0 Å². The van der Waals surface area contributed by atoms with E-state index in [1.54, 1.807) is 18.2 Å². The van der Waals surface area contributed by atoms with Crippen molar-refractivity contribution in [3.63, 3.8) is 0 Å². The number of hydrogen-bond donors (Lipinski definition) is 1. The van der Waals surface area contributed by atoms with Gasteiger partial charge in [0.2, 0.25) is 0 Å². The van der Waals surface area contributed by atoms with Crippen LogP contribution in [0.5, 0.6) is 0 Å². The summed E-state index contributed by atoms with van der Waals surface area (Å²) in [7, 11) is 2.85. The Balaban J connectivity index is 0.000000531. The van der Waals surface area contributed by atoms with E-state index >= 15 is 0 Å². The summed E-state index contributed by atoms with van der Waals surface area (Å²) in [6.45, 7) is 3.62. The molecule has 0 spiro atoms. The molecule has 0 amide bonds. The number of quaternary nitrogens is 1. The Morgan fingerprint density at radius 3 is 1.54 bits per heavy atom. The van der Waals surface area contributed by atoms with Crippen LogP contribution >= 0.6 is 0 Å². The van der Waals surface area contributed by atoms with Crippen LogP contribution < -0.4 is 0 Å². The number of nitrogens with zero attached hydrogens (tertiary/aromatic N) is 1. The Morgan fingerprint density at radius 1 is 0.769 bits per heavy atom. The molecule has 1 N–H and O–H groups in total. The topological polar surface area (TPSA) is 54.4 Å². The van der Waals surface area contributed by atoms with E-state index in [2.05, 4.69) is 28.1 Å². The zero-order chi connectivity index (χ0) is 19.9. The van der Waals surface area contributed by atoms with Crippen molar-refractivity contribution in [1.82, 2.24) is 0 Å². The minimum absolute atomic E-state index is 0.0741. The highest BCUT2D eigenvalue weighted by Gasteiger charge is 2.06. The number of benzene rings is 1. The van der Waals surface area contributed by atoms with Crippen molar-refractivity contribution in [3.8, 4) is 0 Å². The fourth-order valence-electron chi connectivity index (χ4n) is 2.67. The molecular formula is C21H40NO3S+. The highest BCUT2D eigenvalue weighted by molar-refractivity contribution is 7.85. The van der Waals surface area contributed by atoms with Gasteiger partial charge in [0.25, 0.3) is 10.1 Å². The van der Waals surface area contributed by atoms with E-state index in [0.29, 0.717) is 0 Å². The zero-order valence-electron chi connectivity index (χ0n) is 17.3. The number of unbranched alkanes of at least 4 members (excludes halogenated alkanes) is 9. The third kappa shape index (κ3) is 16.6. The Bertz CT molecular complexity index is 536. The first-order valence-corrected chi connectivity index (χ1v) is 11.4. The van der Waals surface area contributed by atoms with Gasteiger partial charge in [0.15, 0.2) is 0 Å². The van der Waals surface area contributed by atoms with Gasteiger partial charge >= 0.3 is 0 Å². The Hall–Kier alpha value is -0.910. The van der Waals surface area contributed by atoms with E-state index in [9.17, 15) is 8.42 Å². The van der Waals surface area contributed by atoms with Gasteiger partial charge in [-0.2, -0.15) is 8.42 Å². The summed E-state index contributed by atoms with van der Waals surface area (Å²) in [5, 5.41) is 0. The normalized spacial score (nSPS) is 11.7. The summed E-state index contributed by atoms with van der Waals surface area (Å²) in [6.07, 6.45) is 14.4. The molecule has 0 aliphatic carbocycles. The minimum Gasteiger partial charge on any atom is -0.331 e. The number of hydrogen-bond acceptors (Lipinski definition) is 2. The maximum atomic E-state index is 10.4. The fourth-order valence-corrected chi connectivity index (χ4v) is 3.17. The van der Waals surface area contributed by atoms with Crippen molar-refractivity contribution >= 4 is 10.1 Å². The molecule has 0 atom stereocenters. The van der Waals surface area contributed by atoms with Gasteiger partial charge in [0.05, 0.1) is 32.6 Å². The predicted octanol–water partition coefficient (Wildman–Crippen LogP) is 5.55. The van der Waals surface area contributed by atoms with E-state index < -0.39 is 10.1 Å². The second-order valence-electron chi connectivity index (χ2n) is 7.98. The molecular weight excluding hydrogens is 346 g/mol. The molecule has 5 heteroatoms. The lowest BCUT2D eigenvalue weighted by molar-refractivity contribution is -0.870. The Labute approximate surface area is 162 Å². The standard InChI is InChI=1S/C15H34N.C6H6O3S/c1-5-6-7-8-9-10-11-12-13-14-15-16(2,3)4;7-10(8,9)6-4-2-1-3-5-6/h5-15H2,1-4H3;1-5H,(H,7,8,9)/q+1;. The van der Waals surface area contributed by atoms with Crippen LogP contribution in [0.15, 0.2) is 35.2 Å². The molecule has 0 heterocycles. The third-order valence-electron chi connectivity index (χ3n) is 4.22. The van der Waals surface area contributed by atoms with Gasteiger partial charge in [-0.25, -0.2) is 0 Å². The van der Waals surface area contributed by atoms with Crippen LogP contribution in [0, 0.1) is 0 Å². The van der Waals surface area contributed by atoms with Crippen molar-refractivity contribution in [3.05, 3.63) is 30.3 Å². The summed E-state index contributed by atoms with van der Waals surface area (Å²) < 4.78 is 30.4. The lowest BCUT2D eigenvalue weighted by atomic mass is 10.1. The maximum absolute atomic E-state index is 10.4.